The van der Waals surface area contributed by atoms with Crippen LogP contribution in [-0.4, -0.2) is 9.13 Å². The summed E-state index contributed by atoms with van der Waals surface area (Å²) in [4.78, 5) is 2.41. The van der Waals surface area contributed by atoms with E-state index in [1.807, 2.05) is 0 Å². The molecule has 15 aromatic rings. The maximum atomic E-state index is 2.47. The van der Waals surface area contributed by atoms with Gasteiger partial charge in [0, 0.05) is 50.0 Å². The summed E-state index contributed by atoms with van der Waals surface area (Å²) < 4.78 is 4.85. The maximum Gasteiger partial charge on any atom is 0.0725 e. The van der Waals surface area contributed by atoms with Crippen LogP contribution in [0.25, 0.3) is 111 Å². The molecule has 0 atom stereocenters. The van der Waals surface area contributed by atoms with Crippen molar-refractivity contribution < 1.29 is 0 Å². The van der Waals surface area contributed by atoms with Crippen LogP contribution in [0, 0.1) is 0 Å². The van der Waals surface area contributed by atoms with Crippen molar-refractivity contribution in [3.63, 3.8) is 0 Å². The Kier molecular flexibility index (Phi) is 10.2. The molecule has 2 aliphatic rings. The number of hydrogen-bond acceptors (Lipinski definition) is 1. The molecule has 2 heterocycles. The molecule has 0 unspecified atom stereocenters. The highest BCUT2D eigenvalue weighted by Gasteiger charge is 2.52. The summed E-state index contributed by atoms with van der Waals surface area (Å²) in [7, 11) is 0. The zero-order valence-corrected chi connectivity index (χ0v) is 44.8. The molecule has 2 aliphatic carbocycles. The minimum Gasteiger partial charge on any atom is -0.310 e. The van der Waals surface area contributed by atoms with Gasteiger partial charge in [-0.3, -0.25) is 0 Å². The lowest BCUT2D eigenvalue weighted by Gasteiger charge is -2.30. The van der Waals surface area contributed by atoms with Gasteiger partial charge in [-0.1, -0.05) is 218 Å². The van der Waals surface area contributed by atoms with E-state index >= 15 is 0 Å². The lowest BCUT2D eigenvalue weighted by Crippen LogP contribution is -2.25. The minimum atomic E-state index is -0.429. The second-order valence-corrected chi connectivity index (χ2v) is 21.9. The molecule has 1 spiro atoms. The number of fused-ring (bicyclic) bond motifs is 17. The first kappa shape index (κ1) is 46.2. The molecule has 13 aromatic carbocycles. The van der Waals surface area contributed by atoms with Crippen LogP contribution in [0.5, 0.6) is 0 Å². The average molecular weight is 1040 g/mol. The smallest absolute Gasteiger partial charge is 0.0725 e. The Morgan fingerprint density at radius 3 is 1.37 bits per heavy atom. The van der Waals surface area contributed by atoms with Crippen LogP contribution in [-0.2, 0) is 5.41 Å². The van der Waals surface area contributed by atoms with Gasteiger partial charge in [0.25, 0.3) is 0 Å². The monoisotopic (exact) mass is 1040 g/mol. The Morgan fingerprint density at radius 1 is 0.244 bits per heavy atom. The molecule has 0 N–H and O–H groups in total. The van der Waals surface area contributed by atoms with Crippen LogP contribution in [0.1, 0.15) is 22.3 Å². The van der Waals surface area contributed by atoms with Crippen LogP contribution in [0.4, 0.5) is 17.1 Å². The Morgan fingerprint density at radius 2 is 0.683 bits per heavy atom. The van der Waals surface area contributed by atoms with E-state index in [9.17, 15) is 0 Å². The second kappa shape index (κ2) is 18.2. The third kappa shape index (κ3) is 6.77. The molecule has 0 saturated heterocycles. The van der Waals surface area contributed by atoms with Gasteiger partial charge < -0.3 is 14.0 Å². The molecule has 82 heavy (non-hydrogen) atoms. The first-order chi connectivity index (χ1) is 40.7. The van der Waals surface area contributed by atoms with Gasteiger partial charge in [0.2, 0.25) is 0 Å². The topological polar surface area (TPSA) is 13.1 Å². The SMILES string of the molecule is c1ccc(-c2ccc(N(c3cccc(-c4ccc(-c5ccc6c(c5)c5c7c(ccc5n6-c5ccccc5)C5(c6ccccc6-c6ccccc65)c5ccccc5-7)cc4)c3)c3ccc4c(c3)c3ccccc3n4-c3ccccc3)cc2)cc1. The Bertz CT molecular complexity index is 4970. The first-order valence-corrected chi connectivity index (χ1v) is 28.4. The van der Waals surface area contributed by atoms with E-state index in [4.69, 9.17) is 0 Å². The standard InChI is InChI=1S/C79H51N3/c1-4-19-52(20-5-1)53-39-42-60(43-40-53)80(62-44-47-74-67(51-62)65-29-13-17-34-73(65)81(74)58-22-6-2-7-23-58)61-26-18-21-56(49-61)54-35-37-55(38-36-54)57-41-46-75-68(50-57)78-76(82(75)59-24-8-3-9-25-59)48-45-72-77(78)66-30-12-16-33-71(66)79(72)69-31-14-10-27-63(69)64-28-11-15-32-70(64)79/h1-51H. The molecule has 382 valence electrons. The summed E-state index contributed by atoms with van der Waals surface area (Å²) in [6.45, 7) is 0. The van der Waals surface area contributed by atoms with Crippen LogP contribution in [0.15, 0.2) is 309 Å². The quantitative estimate of drug-likeness (QED) is 0.148. The van der Waals surface area contributed by atoms with Gasteiger partial charge in [0.05, 0.1) is 27.5 Å². The van der Waals surface area contributed by atoms with Gasteiger partial charge in [-0.15, -0.1) is 0 Å². The summed E-state index contributed by atoms with van der Waals surface area (Å²) in [5, 5.41) is 4.97. The van der Waals surface area contributed by atoms with Crippen LogP contribution >= 0.6 is 0 Å². The zero-order valence-electron chi connectivity index (χ0n) is 44.8. The molecule has 0 aliphatic heterocycles. The Balaban J connectivity index is 0.793. The summed E-state index contributed by atoms with van der Waals surface area (Å²) in [5.41, 5.74) is 27.6. The molecule has 0 saturated carbocycles. The highest BCUT2D eigenvalue weighted by Crippen LogP contribution is 2.64. The number of hydrogen-bond donors (Lipinski definition) is 0. The summed E-state index contributed by atoms with van der Waals surface area (Å²) in [6.07, 6.45) is 0. The lowest BCUT2D eigenvalue weighted by molar-refractivity contribution is 0.794. The molecule has 3 heteroatoms. The molecule has 3 nitrogen and oxygen atoms in total. The van der Waals surface area contributed by atoms with Gasteiger partial charge in [0.15, 0.2) is 0 Å². The van der Waals surface area contributed by atoms with Gasteiger partial charge >= 0.3 is 0 Å². The largest absolute Gasteiger partial charge is 0.310 e. The van der Waals surface area contributed by atoms with E-state index in [0.717, 1.165) is 39.6 Å². The lowest BCUT2D eigenvalue weighted by atomic mass is 9.70. The first-order valence-electron chi connectivity index (χ1n) is 28.4. The van der Waals surface area contributed by atoms with E-state index in [2.05, 4.69) is 323 Å². The third-order valence-electron chi connectivity index (χ3n) is 17.7. The summed E-state index contributed by atoms with van der Waals surface area (Å²) in [5.74, 6) is 0. The Labute approximate surface area is 476 Å². The van der Waals surface area contributed by atoms with Gasteiger partial charge in [-0.25, -0.2) is 0 Å². The van der Waals surface area contributed by atoms with Crippen molar-refractivity contribution in [1.29, 1.82) is 0 Å². The molecule has 0 amide bonds. The van der Waals surface area contributed by atoms with Crippen molar-refractivity contribution in [2.45, 2.75) is 5.41 Å². The van der Waals surface area contributed by atoms with Crippen molar-refractivity contribution in [3.8, 4) is 67.0 Å². The van der Waals surface area contributed by atoms with Crippen molar-refractivity contribution in [1.82, 2.24) is 9.13 Å². The van der Waals surface area contributed by atoms with E-state index < -0.39 is 5.41 Å². The normalized spacial score (nSPS) is 12.7. The molecular weight excluding hydrogens is 991 g/mol. The fourth-order valence-corrected chi connectivity index (χ4v) is 14.2. The van der Waals surface area contributed by atoms with Crippen LogP contribution in [0.3, 0.4) is 0 Å². The van der Waals surface area contributed by atoms with E-state index in [-0.39, 0.29) is 0 Å². The summed E-state index contributed by atoms with van der Waals surface area (Å²) in [6, 6.07) is 114. The number of aromatic nitrogens is 2. The molecule has 2 aromatic heterocycles. The zero-order chi connectivity index (χ0) is 53.9. The van der Waals surface area contributed by atoms with Crippen molar-refractivity contribution >= 4 is 60.7 Å². The maximum absolute atomic E-state index is 2.47. The molecule has 0 radical (unpaired) electrons. The van der Waals surface area contributed by atoms with Crippen LogP contribution in [0.2, 0.25) is 0 Å². The molecular formula is C79H51N3. The highest BCUT2D eigenvalue weighted by atomic mass is 15.1. The predicted molar refractivity (Wildman–Crippen MR) is 342 cm³/mol. The fourth-order valence-electron chi connectivity index (χ4n) is 14.2. The van der Waals surface area contributed by atoms with Gasteiger partial charge in [-0.05, 0) is 169 Å². The minimum absolute atomic E-state index is 0.429. The van der Waals surface area contributed by atoms with Crippen LogP contribution < -0.4 is 4.90 Å². The Hall–Kier alpha value is -10.7. The van der Waals surface area contributed by atoms with E-state index in [0.29, 0.717) is 0 Å². The van der Waals surface area contributed by atoms with Crippen molar-refractivity contribution in [3.05, 3.63) is 332 Å². The molecule has 17 rings (SSSR count). The number of nitrogens with zero attached hydrogens (tertiary/aromatic N) is 3. The number of benzene rings is 13. The third-order valence-corrected chi connectivity index (χ3v) is 17.7. The second-order valence-electron chi connectivity index (χ2n) is 21.9. The van der Waals surface area contributed by atoms with Gasteiger partial charge in [0.1, 0.15) is 0 Å². The summed E-state index contributed by atoms with van der Waals surface area (Å²) >= 11 is 0. The average Bonchev–Trinajstić information content (AvgIpc) is 1.61. The molecule has 0 fully saturated rings. The highest BCUT2D eigenvalue weighted by molar-refractivity contribution is 6.20. The predicted octanol–water partition coefficient (Wildman–Crippen LogP) is 20.7. The van der Waals surface area contributed by atoms with Crippen molar-refractivity contribution in [2.24, 2.45) is 0 Å². The number of anilines is 3. The molecule has 0 bridgehead atoms. The van der Waals surface area contributed by atoms with Gasteiger partial charge in [-0.2, -0.15) is 0 Å². The number of para-hydroxylation sites is 3. The number of rotatable bonds is 8. The van der Waals surface area contributed by atoms with E-state index in [1.165, 1.54) is 110 Å². The van der Waals surface area contributed by atoms with Crippen molar-refractivity contribution in [2.75, 3.05) is 4.90 Å². The van der Waals surface area contributed by atoms with E-state index in [1.54, 1.807) is 0 Å². The fraction of sp³-hybridized carbons (Fsp3) is 0.0127.